The lowest BCUT2D eigenvalue weighted by Gasteiger charge is -2.09. The normalized spacial score (nSPS) is 10.5. The van der Waals surface area contributed by atoms with Gasteiger partial charge in [-0.15, -0.1) is 16.8 Å². The fourth-order valence-corrected chi connectivity index (χ4v) is 3.56. The Morgan fingerprint density at radius 2 is 1.90 bits per heavy atom. The fourth-order valence-electron chi connectivity index (χ4n) is 2.61. The van der Waals surface area contributed by atoms with Crippen LogP contribution in [0, 0.1) is 5.82 Å². The summed E-state index contributed by atoms with van der Waals surface area (Å²) < 4.78 is 14.8. The zero-order valence-electron chi connectivity index (χ0n) is 16.3. The smallest absolute Gasteiger partial charge is 0.251 e. The van der Waals surface area contributed by atoms with E-state index in [0.717, 1.165) is 0 Å². The molecule has 1 heterocycles. The monoisotopic (exact) mass is 459 g/mol. The molecular formula is C21H19ClFN5O2S. The minimum Gasteiger partial charge on any atom is -0.345 e. The van der Waals surface area contributed by atoms with E-state index in [9.17, 15) is 14.0 Å². The van der Waals surface area contributed by atoms with Gasteiger partial charge in [0.2, 0.25) is 5.91 Å². The van der Waals surface area contributed by atoms with E-state index >= 15 is 0 Å². The van der Waals surface area contributed by atoms with Crippen LogP contribution in [0.5, 0.6) is 0 Å². The van der Waals surface area contributed by atoms with Gasteiger partial charge < -0.3 is 15.2 Å². The number of halogens is 2. The first-order valence-corrected chi connectivity index (χ1v) is 10.6. The van der Waals surface area contributed by atoms with E-state index in [1.165, 1.54) is 36.0 Å². The van der Waals surface area contributed by atoms with Crippen LogP contribution in [-0.2, 0) is 17.9 Å². The summed E-state index contributed by atoms with van der Waals surface area (Å²) in [6.07, 6.45) is 1.67. The molecule has 2 amide bonds. The average molecular weight is 460 g/mol. The quantitative estimate of drug-likeness (QED) is 0.374. The number of amides is 2. The maximum absolute atomic E-state index is 13.0. The van der Waals surface area contributed by atoms with E-state index in [2.05, 4.69) is 27.4 Å². The van der Waals surface area contributed by atoms with E-state index in [0.29, 0.717) is 33.8 Å². The highest BCUT2D eigenvalue weighted by Crippen LogP contribution is 2.22. The van der Waals surface area contributed by atoms with Crippen molar-refractivity contribution in [1.29, 1.82) is 0 Å². The summed E-state index contributed by atoms with van der Waals surface area (Å²) >= 11 is 7.26. The van der Waals surface area contributed by atoms with Gasteiger partial charge in [-0.05, 0) is 36.4 Å². The average Bonchev–Trinajstić information content (AvgIpc) is 3.14. The molecule has 0 atom stereocenters. The highest BCUT2D eigenvalue weighted by atomic mass is 35.5. The van der Waals surface area contributed by atoms with Gasteiger partial charge in [0, 0.05) is 12.1 Å². The summed E-state index contributed by atoms with van der Waals surface area (Å²) in [5.41, 5.74) is 0.869. The molecule has 0 aliphatic rings. The molecule has 3 rings (SSSR count). The highest BCUT2D eigenvalue weighted by molar-refractivity contribution is 7.99. The molecule has 0 fully saturated rings. The summed E-state index contributed by atoms with van der Waals surface area (Å²) in [5, 5.41) is 14.7. The predicted octanol–water partition coefficient (Wildman–Crippen LogP) is 3.92. The summed E-state index contributed by atoms with van der Waals surface area (Å²) in [7, 11) is 0. The van der Waals surface area contributed by atoms with Crippen molar-refractivity contribution in [3.05, 3.63) is 83.4 Å². The molecular weight excluding hydrogens is 441 g/mol. The molecule has 10 heteroatoms. The van der Waals surface area contributed by atoms with E-state index in [-0.39, 0.29) is 24.1 Å². The molecule has 0 radical (unpaired) electrons. The van der Waals surface area contributed by atoms with Crippen molar-refractivity contribution >= 4 is 40.9 Å². The molecule has 0 bridgehead atoms. The molecule has 0 saturated carbocycles. The molecule has 0 aliphatic carbocycles. The standard InChI is InChI=1S/C21H19ClFN5O2S/c1-2-11-28-18(12-24-20(30)14-7-9-15(23)10-8-14)26-27-21(28)31-13-19(29)25-17-6-4-3-5-16(17)22/h2-10H,1,11-13H2,(H,24,30)(H,25,29). The third-order valence-electron chi connectivity index (χ3n) is 4.10. The van der Waals surface area contributed by atoms with Crippen LogP contribution >= 0.6 is 23.4 Å². The van der Waals surface area contributed by atoms with Gasteiger partial charge >= 0.3 is 0 Å². The molecule has 7 nitrogen and oxygen atoms in total. The molecule has 2 N–H and O–H groups in total. The van der Waals surface area contributed by atoms with Crippen molar-refractivity contribution in [1.82, 2.24) is 20.1 Å². The van der Waals surface area contributed by atoms with E-state index in [1.54, 1.807) is 34.9 Å². The van der Waals surface area contributed by atoms with Crippen LogP contribution in [0.2, 0.25) is 5.02 Å². The first kappa shape index (κ1) is 22.5. The Morgan fingerprint density at radius 3 is 2.61 bits per heavy atom. The molecule has 0 spiro atoms. The molecule has 2 aromatic carbocycles. The van der Waals surface area contributed by atoms with Crippen molar-refractivity contribution in [2.45, 2.75) is 18.2 Å². The highest BCUT2D eigenvalue weighted by Gasteiger charge is 2.15. The molecule has 0 unspecified atom stereocenters. The number of carbonyl (C=O) groups is 2. The Balaban J connectivity index is 1.61. The van der Waals surface area contributed by atoms with E-state index in [4.69, 9.17) is 11.6 Å². The van der Waals surface area contributed by atoms with Gasteiger partial charge in [0.05, 0.1) is 23.0 Å². The van der Waals surface area contributed by atoms with Crippen LogP contribution in [0.25, 0.3) is 0 Å². The number of nitrogens with one attached hydrogen (secondary N) is 2. The van der Waals surface area contributed by atoms with Gasteiger partial charge in [0.1, 0.15) is 5.82 Å². The number of hydrogen-bond donors (Lipinski definition) is 2. The Kier molecular flexibility index (Phi) is 7.80. The van der Waals surface area contributed by atoms with Crippen molar-refractivity contribution in [3.8, 4) is 0 Å². The van der Waals surface area contributed by atoms with Gasteiger partial charge in [-0.25, -0.2) is 4.39 Å². The van der Waals surface area contributed by atoms with Gasteiger partial charge in [-0.2, -0.15) is 0 Å². The van der Waals surface area contributed by atoms with Crippen LogP contribution in [0.3, 0.4) is 0 Å². The topological polar surface area (TPSA) is 88.9 Å². The third kappa shape index (κ3) is 6.16. The second-order valence-electron chi connectivity index (χ2n) is 6.30. The molecule has 3 aromatic rings. The summed E-state index contributed by atoms with van der Waals surface area (Å²) in [4.78, 5) is 24.5. The minimum atomic E-state index is -0.414. The number of para-hydroxylation sites is 1. The van der Waals surface area contributed by atoms with Crippen LogP contribution < -0.4 is 10.6 Å². The number of aromatic nitrogens is 3. The number of nitrogens with zero attached hydrogens (tertiary/aromatic N) is 3. The Hall–Kier alpha value is -3.17. The molecule has 160 valence electrons. The number of carbonyl (C=O) groups excluding carboxylic acids is 2. The number of rotatable bonds is 9. The molecule has 0 aliphatic heterocycles. The Bertz CT molecular complexity index is 1090. The number of thioether (sulfide) groups is 1. The molecule has 0 saturated heterocycles. The Morgan fingerprint density at radius 1 is 1.16 bits per heavy atom. The Labute approximate surface area is 187 Å². The molecule has 1 aromatic heterocycles. The van der Waals surface area contributed by atoms with Crippen LogP contribution in [0.15, 0.2) is 66.3 Å². The van der Waals surface area contributed by atoms with Crippen LogP contribution in [-0.4, -0.2) is 32.3 Å². The largest absolute Gasteiger partial charge is 0.345 e. The molecule has 31 heavy (non-hydrogen) atoms. The first-order chi connectivity index (χ1) is 15.0. The van der Waals surface area contributed by atoms with Crippen molar-refractivity contribution in [2.24, 2.45) is 0 Å². The van der Waals surface area contributed by atoms with Crippen LogP contribution in [0.1, 0.15) is 16.2 Å². The van der Waals surface area contributed by atoms with Crippen LogP contribution in [0.4, 0.5) is 10.1 Å². The van der Waals surface area contributed by atoms with Crippen molar-refractivity contribution in [3.63, 3.8) is 0 Å². The second kappa shape index (κ2) is 10.7. The van der Waals surface area contributed by atoms with Gasteiger partial charge in [0.15, 0.2) is 11.0 Å². The number of anilines is 1. The summed E-state index contributed by atoms with van der Waals surface area (Å²) in [6.45, 7) is 4.25. The maximum Gasteiger partial charge on any atom is 0.251 e. The van der Waals surface area contributed by atoms with Gasteiger partial charge in [-0.3, -0.25) is 9.59 Å². The minimum absolute atomic E-state index is 0.0996. The van der Waals surface area contributed by atoms with Gasteiger partial charge in [0.25, 0.3) is 5.91 Å². The van der Waals surface area contributed by atoms with E-state index in [1.807, 2.05) is 0 Å². The van der Waals surface area contributed by atoms with Crippen molar-refractivity contribution in [2.75, 3.05) is 11.1 Å². The van der Waals surface area contributed by atoms with Crippen molar-refractivity contribution < 1.29 is 14.0 Å². The lowest BCUT2D eigenvalue weighted by atomic mass is 10.2. The summed E-state index contributed by atoms with van der Waals surface area (Å²) in [5.74, 6) is -0.409. The second-order valence-corrected chi connectivity index (χ2v) is 7.65. The fraction of sp³-hybridized carbons (Fsp3) is 0.143. The summed E-state index contributed by atoms with van der Waals surface area (Å²) in [6, 6.07) is 12.2. The third-order valence-corrected chi connectivity index (χ3v) is 5.40. The van der Waals surface area contributed by atoms with Gasteiger partial charge in [-0.1, -0.05) is 41.6 Å². The number of benzene rings is 2. The number of hydrogen-bond acceptors (Lipinski definition) is 5. The lowest BCUT2D eigenvalue weighted by molar-refractivity contribution is -0.113. The number of allylic oxidation sites excluding steroid dienone is 1. The first-order valence-electron chi connectivity index (χ1n) is 9.22. The maximum atomic E-state index is 13.0. The lowest BCUT2D eigenvalue weighted by Crippen LogP contribution is -2.25. The predicted molar refractivity (Wildman–Crippen MR) is 119 cm³/mol. The zero-order chi connectivity index (χ0) is 22.2. The SMILES string of the molecule is C=CCn1c(CNC(=O)c2ccc(F)cc2)nnc1SCC(=O)Nc1ccccc1Cl. The zero-order valence-corrected chi connectivity index (χ0v) is 17.9. The van der Waals surface area contributed by atoms with E-state index < -0.39 is 5.82 Å².